The Morgan fingerprint density at radius 1 is 1.03 bits per heavy atom. The summed E-state index contributed by atoms with van der Waals surface area (Å²) in [5.41, 5.74) is 4.00. The van der Waals surface area contributed by atoms with E-state index in [2.05, 4.69) is 26.6 Å². The Morgan fingerprint density at radius 3 is 2.72 bits per heavy atom. The molecule has 4 aliphatic rings. The minimum Gasteiger partial charge on any atom is -0.380 e. The highest BCUT2D eigenvalue weighted by atomic mass is 16.5. The summed E-state index contributed by atoms with van der Waals surface area (Å²) < 4.78 is 10.9. The first kappa shape index (κ1) is 24.6. The third kappa shape index (κ3) is 5.02. The summed E-state index contributed by atoms with van der Waals surface area (Å²) in [5.74, 6) is 2.59. The van der Waals surface area contributed by atoms with Crippen molar-refractivity contribution in [2.45, 2.75) is 44.2 Å². The molecule has 0 aromatic carbocycles. The van der Waals surface area contributed by atoms with Gasteiger partial charge >= 0.3 is 0 Å². The van der Waals surface area contributed by atoms with Gasteiger partial charge in [0.2, 0.25) is 11.9 Å². The SMILES string of the molecule is O=C(C1COCCN1)N1CCc2nc(Nc3ncc4cc(C5COC5)nc(N5CCCCC5)c4n3)ccc2C1. The van der Waals surface area contributed by atoms with Crippen LogP contribution in [0.25, 0.3) is 10.9 Å². The molecule has 204 valence electrons. The lowest BCUT2D eigenvalue weighted by Crippen LogP contribution is -2.53. The summed E-state index contributed by atoms with van der Waals surface area (Å²) >= 11 is 0. The lowest BCUT2D eigenvalue weighted by atomic mass is 10.0. The summed E-state index contributed by atoms with van der Waals surface area (Å²) in [5, 5.41) is 7.57. The normalized spacial score (nSPS) is 21.9. The molecular formula is C28H34N8O3. The minimum absolute atomic E-state index is 0.0956. The molecule has 1 amide bonds. The first-order valence-electron chi connectivity index (χ1n) is 14.1. The van der Waals surface area contributed by atoms with Gasteiger partial charge < -0.3 is 29.9 Å². The summed E-state index contributed by atoms with van der Waals surface area (Å²) in [4.78, 5) is 36.7. The van der Waals surface area contributed by atoms with Crippen LogP contribution in [0, 0.1) is 0 Å². The highest BCUT2D eigenvalue weighted by molar-refractivity contribution is 5.89. The van der Waals surface area contributed by atoms with Crippen LogP contribution in [-0.4, -0.2) is 89.4 Å². The molecule has 7 heterocycles. The van der Waals surface area contributed by atoms with Crippen molar-refractivity contribution < 1.29 is 14.3 Å². The number of piperidine rings is 1. The van der Waals surface area contributed by atoms with Crippen LogP contribution in [0.15, 0.2) is 24.4 Å². The zero-order valence-corrected chi connectivity index (χ0v) is 22.1. The third-order valence-electron chi connectivity index (χ3n) is 8.10. The Balaban J connectivity index is 1.11. The molecule has 0 radical (unpaired) electrons. The maximum absolute atomic E-state index is 12.9. The van der Waals surface area contributed by atoms with Gasteiger partial charge in [-0.3, -0.25) is 4.79 Å². The maximum atomic E-state index is 12.9. The van der Waals surface area contributed by atoms with Crippen LogP contribution < -0.4 is 15.5 Å². The van der Waals surface area contributed by atoms with Crippen molar-refractivity contribution in [2.24, 2.45) is 0 Å². The van der Waals surface area contributed by atoms with Crippen LogP contribution in [-0.2, 0) is 27.2 Å². The first-order chi connectivity index (χ1) is 19.2. The van der Waals surface area contributed by atoms with E-state index < -0.39 is 0 Å². The standard InChI is InChI=1S/C28H34N8O3/c37-27(23-17-38-11-7-29-23)36-10-6-21-18(14-36)4-5-24(31-21)33-28-30-13-19-12-22(20-15-39-16-20)32-26(25(19)34-28)35-8-2-1-3-9-35/h4-5,12-13,20,23,29H,1-3,6-11,14-17H2,(H,30,31,33,34). The molecule has 3 fully saturated rings. The zero-order valence-electron chi connectivity index (χ0n) is 22.1. The van der Waals surface area contributed by atoms with Gasteiger partial charge in [0.25, 0.3) is 0 Å². The maximum Gasteiger partial charge on any atom is 0.242 e. The molecule has 1 unspecified atom stereocenters. The van der Waals surface area contributed by atoms with E-state index in [1.807, 2.05) is 23.2 Å². The fourth-order valence-corrected chi connectivity index (χ4v) is 5.78. The number of aromatic nitrogens is 4. The van der Waals surface area contributed by atoms with Crippen LogP contribution in [0.4, 0.5) is 17.6 Å². The number of carbonyl (C=O) groups excluding carboxylic acids is 1. The lowest BCUT2D eigenvalue weighted by Gasteiger charge is -2.33. The van der Waals surface area contributed by atoms with E-state index >= 15 is 0 Å². The van der Waals surface area contributed by atoms with E-state index in [-0.39, 0.29) is 11.9 Å². The number of ether oxygens (including phenoxy) is 2. The molecule has 3 aromatic heterocycles. The molecule has 39 heavy (non-hydrogen) atoms. The van der Waals surface area contributed by atoms with Crippen LogP contribution in [0.5, 0.6) is 0 Å². The zero-order chi connectivity index (χ0) is 26.2. The highest BCUT2D eigenvalue weighted by Gasteiger charge is 2.29. The fourth-order valence-electron chi connectivity index (χ4n) is 5.78. The Kier molecular flexibility index (Phi) is 6.71. The van der Waals surface area contributed by atoms with Gasteiger partial charge in [-0.25, -0.2) is 19.9 Å². The largest absolute Gasteiger partial charge is 0.380 e. The molecule has 11 heteroatoms. The Hall–Kier alpha value is -3.41. The van der Waals surface area contributed by atoms with Gasteiger partial charge in [0.05, 0.1) is 32.1 Å². The molecule has 7 rings (SSSR count). The molecule has 2 N–H and O–H groups in total. The van der Waals surface area contributed by atoms with Gasteiger partial charge in [-0.15, -0.1) is 0 Å². The van der Waals surface area contributed by atoms with Crippen LogP contribution in [0.3, 0.4) is 0 Å². The predicted molar refractivity (Wildman–Crippen MR) is 146 cm³/mol. The fraction of sp³-hybridized carbons (Fsp3) is 0.536. The van der Waals surface area contributed by atoms with Crippen molar-refractivity contribution in [1.82, 2.24) is 30.2 Å². The summed E-state index contributed by atoms with van der Waals surface area (Å²) in [6.07, 6.45) is 6.19. The van der Waals surface area contributed by atoms with E-state index in [0.717, 1.165) is 60.0 Å². The number of rotatable bonds is 5. The van der Waals surface area contributed by atoms with Crippen molar-refractivity contribution in [1.29, 1.82) is 0 Å². The van der Waals surface area contributed by atoms with Gasteiger partial charge in [-0.05, 0) is 37.0 Å². The molecular weight excluding hydrogens is 496 g/mol. The Labute approximate surface area is 227 Å². The quantitative estimate of drug-likeness (QED) is 0.508. The molecule has 0 spiro atoms. The second-order valence-corrected chi connectivity index (χ2v) is 10.8. The predicted octanol–water partition coefficient (Wildman–Crippen LogP) is 2.14. The van der Waals surface area contributed by atoms with Crippen LogP contribution in [0.2, 0.25) is 0 Å². The number of anilines is 3. The second-order valence-electron chi connectivity index (χ2n) is 10.8. The van der Waals surface area contributed by atoms with E-state index in [4.69, 9.17) is 24.4 Å². The molecule has 3 aromatic rings. The smallest absolute Gasteiger partial charge is 0.242 e. The minimum atomic E-state index is -0.262. The summed E-state index contributed by atoms with van der Waals surface area (Å²) in [6.45, 7) is 6.43. The van der Waals surface area contributed by atoms with Gasteiger partial charge in [-0.1, -0.05) is 6.07 Å². The summed E-state index contributed by atoms with van der Waals surface area (Å²) in [6, 6.07) is 5.83. The van der Waals surface area contributed by atoms with E-state index in [1.165, 1.54) is 19.3 Å². The van der Waals surface area contributed by atoms with Crippen LogP contribution in [0.1, 0.15) is 42.1 Å². The van der Waals surface area contributed by atoms with E-state index in [1.54, 1.807) is 0 Å². The number of fused-ring (bicyclic) bond motifs is 2. The monoisotopic (exact) mass is 530 g/mol. The number of nitrogens with zero attached hydrogens (tertiary/aromatic N) is 6. The summed E-state index contributed by atoms with van der Waals surface area (Å²) in [7, 11) is 0. The molecule has 0 saturated carbocycles. The van der Waals surface area contributed by atoms with Gasteiger partial charge in [-0.2, -0.15) is 0 Å². The van der Waals surface area contributed by atoms with Gasteiger partial charge in [0, 0.05) is 62.3 Å². The van der Waals surface area contributed by atoms with E-state index in [0.29, 0.717) is 57.0 Å². The number of amides is 1. The van der Waals surface area contributed by atoms with Crippen molar-refractivity contribution >= 4 is 34.4 Å². The van der Waals surface area contributed by atoms with Crippen LogP contribution >= 0.6 is 0 Å². The molecule has 0 bridgehead atoms. The molecule has 3 saturated heterocycles. The van der Waals surface area contributed by atoms with Crippen molar-refractivity contribution in [3.63, 3.8) is 0 Å². The molecule has 0 aliphatic carbocycles. The molecule has 4 aliphatic heterocycles. The van der Waals surface area contributed by atoms with Crippen molar-refractivity contribution in [3.05, 3.63) is 41.3 Å². The topological polar surface area (TPSA) is 118 Å². The number of nitrogens with one attached hydrogen (secondary N) is 2. The number of carbonyl (C=O) groups is 1. The number of pyridine rings is 2. The number of hydrogen-bond donors (Lipinski definition) is 2. The van der Waals surface area contributed by atoms with Gasteiger partial charge in [0.1, 0.15) is 17.4 Å². The third-order valence-corrected chi connectivity index (χ3v) is 8.10. The molecule has 11 nitrogen and oxygen atoms in total. The average molecular weight is 531 g/mol. The van der Waals surface area contributed by atoms with Gasteiger partial charge in [0.15, 0.2) is 5.82 Å². The number of hydrogen-bond acceptors (Lipinski definition) is 10. The second kappa shape index (κ2) is 10.6. The van der Waals surface area contributed by atoms with E-state index in [9.17, 15) is 4.79 Å². The molecule has 1 atom stereocenters. The lowest BCUT2D eigenvalue weighted by molar-refractivity contribution is -0.137. The van der Waals surface area contributed by atoms with Crippen molar-refractivity contribution in [2.75, 3.05) is 62.8 Å². The number of morpholine rings is 1. The highest BCUT2D eigenvalue weighted by Crippen LogP contribution is 2.32. The first-order valence-corrected chi connectivity index (χ1v) is 14.1. The Morgan fingerprint density at radius 2 is 1.92 bits per heavy atom. The Bertz CT molecular complexity index is 1370. The van der Waals surface area contributed by atoms with Crippen molar-refractivity contribution in [3.8, 4) is 0 Å². The average Bonchev–Trinajstić information content (AvgIpc) is 2.96.